The zero-order chi connectivity index (χ0) is 19.2. The highest BCUT2D eigenvalue weighted by molar-refractivity contribution is 14.0. The maximum atomic E-state index is 12.1. The summed E-state index contributed by atoms with van der Waals surface area (Å²) in [5.41, 5.74) is 0.580. The maximum Gasteiger partial charge on any atom is 0.240 e. The first-order valence-corrected chi connectivity index (χ1v) is 8.89. The molecule has 150 valence electrons. The van der Waals surface area contributed by atoms with Crippen molar-refractivity contribution in [3.63, 3.8) is 0 Å². The summed E-state index contributed by atoms with van der Waals surface area (Å²) in [5, 5.41) is 14.5. The Morgan fingerprint density at radius 3 is 2.70 bits per heavy atom. The minimum atomic E-state index is -0.248. The Labute approximate surface area is 177 Å². The number of hydrogen-bond donors (Lipinski definition) is 2. The zero-order valence-electron chi connectivity index (χ0n) is 16.7. The molecule has 0 aliphatic rings. The summed E-state index contributed by atoms with van der Waals surface area (Å²) in [4.78, 5) is 18.6. The predicted octanol–water partition coefficient (Wildman–Crippen LogP) is 1.70. The molecule has 2 N–H and O–H groups in total. The highest BCUT2D eigenvalue weighted by Crippen LogP contribution is 2.04. The fourth-order valence-electron chi connectivity index (χ4n) is 2.54. The summed E-state index contributed by atoms with van der Waals surface area (Å²) in [7, 11) is 1.86. The molecule has 0 fully saturated rings. The number of halogens is 1. The Balaban J connectivity index is 0.00000364. The van der Waals surface area contributed by atoms with Crippen LogP contribution in [0.1, 0.15) is 33.5 Å². The van der Waals surface area contributed by atoms with Crippen molar-refractivity contribution in [1.82, 2.24) is 30.1 Å². The van der Waals surface area contributed by atoms with Gasteiger partial charge in [0.05, 0.1) is 6.54 Å². The maximum absolute atomic E-state index is 12.1. The first kappa shape index (κ1) is 23.1. The van der Waals surface area contributed by atoms with Gasteiger partial charge < -0.3 is 15.5 Å². The van der Waals surface area contributed by atoms with Crippen molar-refractivity contribution in [3.05, 3.63) is 30.2 Å². The van der Waals surface area contributed by atoms with Crippen molar-refractivity contribution < 1.29 is 4.79 Å². The first-order valence-electron chi connectivity index (χ1n) is 8.89. The van der Waals surface area contributed by atoms with Gasteiger partial charge in [0.15, 0.2) is 11.6 Å². The summed E-state index contributed by atoms with van der Waals surface area (Å²) < 4.78 is 1.96. The van der Waals surface area contributed by atoms with Crippen molar-refractivity contribution in [2.24, 2.45) is 4.99 Å². The van der Waals surface area contributed by atoms with E-state index < -0.39 is 0 Å². The van der Waals surface area contributed by atoms with Crippen LogP contribution in [0.25, 0.3) is 5.65 Å². The first-order chi connectivity index (χ1) is 12.3. The van der Waals surface area contributed by atoms with Crippen LogP contribution < -0.4 is 10.6 Å². The van der Waals surface area contributed by atoms with Crippen molar-refractivity contribution in [3.8, 4) is 0 Å². The molecule has 0 radical (unpaired) electrons. The van der Waals surface area contributed by atoms with Gasteiger partial charge in [-0.15, -0.1) is 34.2 Å². The lowest BCUT2D eigenvalue weighted by atomic mass is 10.1. The topological polar surface area (TPSA) is 86.9 Å². The monoisotopic (exact) mass is 487 g/mol. The van der Waals surface area contributed by atoms with Crippen LogP contribution in [0.4, 0.5) is 0 Å². The molecule has 8 nitrogen and oxygen atoms in total. The van der Waals surface area contributed by atoms with E-state index in [1.165, 1.54) is 0 Å². The number of likely N-dealkylation sites (N-methyl/N-ethyl adjacent to an activating group) is 1. The van der Waals surface area contributed by atoms with E-state index in [1.807, 2.05) is 68.4 Å². The van der Waals surface area contributed by atoms with Crippen LogP contribution in [0.3, 0.4) is 0 Å². The fourth-order valence-corrected chi connectivity index (χ4v) is 2.54. The second-order valence-electron chi connectivity index (χ2n) is 7.18. The van der Waals surface area contributed by atoms with Crippen LogP contribution in [-0.4, -0.2) is 63.6 Å². The Bertz CT molecular complexity index is 766. The SMILES string of the molecule is CCNC(=NCCc1nnc2ccccn12)N(C)CC(=O)NC(C)(C)C.I. The quantitative estimate of drug-likeness (QED) is 0.368. The van der Waals surface area contributed by atoms with Gasteiger partial charge in [-0.2, -0.15) is 0 Å². The number of hydrogen-bond acceptors (Lipinski definition) is 4. The second-order valence-corrected chi connectivity index (χ2v) is 7.18. The number of aliphatic imine (C=N–C) groups is 1. The van der Waals surface area contributed by atoms with E-state index in [0.717, 1.165) is 18.0 Å². The van der Waals surface area contributed by atoms with E-state index in [0.29, 0.717) is 18.9 Å². The van der Waals surface area contributed by atoms with Crippen LogP contribution in [-0.2, 0) is 11.2 Å². The van der Waals surface area contributed by atoms with E-state index in [9.17, 15) is 4.79 Å². The van der Waals surface area contributed by atoms with Crippen molar-refractivity contribution in [2.45, 2.75) is 39.7 Å². The molecule has 1 amide bonds. The Morgan fingerprint density at radius 2 is 2.04 bits per heavy atom. The van der Waals surface area contributed by atoms with Crippen LogP contribution in [0.15, 0.2) is 29.4 Å². The lowest BCUT2D eigenvalue weighted by Crippen LogP contribution is -2.48. The van der Waals surface area contributed by atoms with Gasteiger partial charge in [-0.1, -0.05) is 6.07 Å². The number of rotatable bonds is 6. The number of carbonyl (C=O) groups excluding carboxylic acids is 1. The van der Waals surface area contributed by atoms with E-state index >= 15 is 0 Å². The summed E-state index contributed by atoms with van der Waals surface area (Å²) >= 11 is 0. The normalized spacial score (nSPS) is 11.8. The highest BCUT2D eigenvalue weighted by Gasteiger charge is 2.16. The minimum Gasteiger partial charge on any atom is -0.357 e. The molecule has 0 bridgehead atoms. The Kier molecular flexibility index (Phi) is 8.94. The second kappa shape index (κ2) is 10.4. The minimum absolute atomic E-state index is 0. The number of amides is 1. The van der Waals surface area contributed by atoms with E-state index in [4.69, 9.17) is 0 Å². The molecule has 2 aromatic rings. The van der Waals surface area contributed by atoms with Gasteiger partial charge in [0, 0.05) is 38.3 Å². The van der Waals surface area contributed by atoms with Crippen molar-refractivity contribution in [1.29, 1.82) is 0 Å². The van der Waals surface area contributed by atoms with E-state index in [2.05, 4.69) is 25.8 Å². The molecule has 0 unspecified atom stereocenters. The molecule has 9 heteroatoms. The van der Waals surface area contributed by atoms with Gasteiger partial charge in [0.25, 0.3) is 0 Å². The van der Waals surface area contributed by atoms with Crippen LogP contribution in [0.5, 0.6) is 0 Å². The molecular formula is C18H30IN7O. The lowest BCUT2D eigenvalue weighted by Gasteiger charge is -2.25. The van der Waals surface area contributed by atoms with Gasteiger partial charge in [0.2, 0.25) is 5.91 Å². The fraction of sp³-hybridized carbons (Fsp3) is 0.556. The number of aromatic nitrogens is 3. The van der Waals surface area contributed by atoms with Crippen LogP contribution >= 0.6 is 24.0 Å². The number of nitrogens with one attached hydrogen (secondary N) is 2. The largest absolute Gasteiger partial charge is 0.357 e. The zero-order valence-corrected chi connectivity index (χ0v) is 19.0. The van der Waals surface area contributed by atoms with Gasteiger partial charge in [-0.25, -0.2) is 0 Å². The number of carbonyl (C=O) groups is 1. The van der Waals surface area contributed by atoms with Crippen molar-refractivity contribution >= 4 is 41.5 Å². The third-order valence-electron chi connectivity index (χ3n) is 3.57. The summed E-state index contributed by atoms with van der Waals surface area (Å²) in [6.07, 6.45) is 2.62. The molecule has 2 rings (SSSR count). The number of pyridine rings is 1. The number of nitrogens with zero attached hydrogens (tertiary/aromatic N) is 5. The average Bonchev–Trinajstić information content (AvgIpc) is 2.95. The van der Waals surface area contributed by atoms with Crippen molar-refractivity contribution in [2.75, 3.05) is 26.7 Å². The molecular weight excluding hydrogens is 457 g/mol. The third-order valence-corrected chi connectivity index (χ3v) is 3.57. The molecule has 0 atom stereocenters. The average molecular weight is 487 g/mol. The Morgan fingerprint density at radius 1 is 1.30 bits per heavy atom. The molecule has 0 aliphatic carbocycles. The molecule has 0 aliphatic heterocycles. The standard InChI is InChI=1S/C18H29N7O.HI/c1-6-19-17(24(5)13-16(26)21-18(2,3)4)20-11-10-15-23-22-14-9-7-8-12-25(14)15;/h7-9,12H,6,10-11,13H2,1-5H3,(H,19,20)(H,21,26);1H. The van der Waals surface area contributed by atoms with Gasteiger partial charge >= 0.3 is 0 Å². The molecule has 2 aromatic heterocycles. The Hall–Kier alpha value is -1.91. The summed E-state index contributed by atoms with van der Waals surface area (Å²) in [5.74, 6) is 1.53. The molecule has 0 aromatic carbocycles. The summed E-state index contributed by atoms with van der Waals surface area (Å²) in [6.45, 7) is 9.44. The van der Waals surface area contributed by atoms with Gasteiger partial charge in [-0.3, -0.25) is 14.2 Å². The van der Waals surface area contributed by atoms with E-state index in [-0.39, 0.29) is 42.0 Å². The highest BCUT2D eigenvalue weighted by atomic mass is 127. The molecule has 2 heterocycles. The third kappa shape index (κ3) is 7.31. The molecule has 0 spiro atoms. The number of guanidine groups is 1. The molecule has 27 heavy (non-hydrogen) atoms. The molecule has 0 saturated heterocycles. The van der Waals surface area contributed by atoms with Crippen LogP contribution in [0, 0.1) is 0 Å². The summed E-state index contributed by atoms with van der Waals surface area (Å²) in [6, 6.07) is 5.81. The molecule has 0 saturated carbocycles. The van der Waals surface area contributed by atoms with E-state index in [1.54, 1.807) is 0 Å². The van der Waals surface area contributed by atoms with Gasteiger partial charge in [0.1, 0.15) is 5.82 Å². The smallest absolute Gasteiger partial charge is 0.240 e. The predicted molar refractivity (Wildman–Crippen MR) is 119 cm³/mol. The number of fused-ring (bicyclic) bond motifs is 1. The lowest BCUT2D eigenvalue weighted by molar-refractivity contribution is -0.122. The van der Waals surface area contributed by atoms with Gasteiger partial charge in [-0.05, 0) is 39.8 Å². The van der Waals surface area contributed by atoms with Crippen LogP contribution in [0.2, 0.25) is 0 Å².